The second-order valence-corrected chi connectivity index (χ2v) is 4.67. The SMILES string of the molecule is CN(c1ccc(C(=O)O)c(Br)c1)C1CC1. The first-order valence-electron chi connectivity index (χ1n) is 4.85. The molecular weight excluding hydrogens is 258 g/mol. The lowest BCUT2D eigenvalue weighted by Gasteiger charge is -2.19. The Labute approximate surface area is 96.8 Å². The summed E-state index contributed by atoms with van der Waals surface area (Å²) in [7, 11) is 2.04. The third-order valence-corrected chi connectivity index (χ3v) is 3.34. The third-order valence-electron chi connectivity index (χ3n) is 2.68. The van der Waals surface area contributed by atoms with Gasteiger partial charge in [-0.05, 0) is 47.0 Å². The van der Waals surface area contributed by atoms with E-state index in [1.807, 2.05) is 19.2 Å². The van der Waals surface area contributed by atoms with E-state index in [4.69, 9.17) is 5.11 Å². The van der Waals surface area contributed by atoms with Crippen molar-refractivity contribution in [2.75, 3.05) is 11.9 Å². The molecule has 1 N–H and O–H groups in total. The van der Waals surface area contributed by atoms with Crippen LogP contribution in [0.15, 0.2) is 22.7 Å². The summed E-state index contributed by atoms with van der Waals surface area (Å²) in [6.07, 6.45) is 2.46. The van der Waals surface area contributed by atoms with E-state index in [0.29, 0.717) is 16.1 Å². The fourth-order valence-corrected chi connectivity index (χ4v) is 2.11. The second-order valence-electron chi connectivity index (χ2n) is 3.81. The molecule has 1 aromatic rings. The molecule has 0 bridgehead atoms. The molecule has 0 unspecified atom stereocenters. The molecule has 1 saturated carbocycles. The number of halogens is 1. The monoisotopic (exact) mass is 269 g/mol. The van der Waals surface area contributed by atoms with Gasteiger partial charge in [0.05, 0.1) is 5.56 Å². The molecular formula is C11H12BrNO2. The number of benzene rings is 1. The van der Waals surface area contributed by atoms with Crippen molar-refractivity contribution in [3.63, 3.8) is 0 Å². The summed E-state index contributed by atoms with van der Waals surface area (Å²) in [6, 6.07) is 5.99. The third kappa shape index (κ3) is 2.15. The van der Waals surface area contributed by atoms with Crippen molar-refractivity contribution in [1.82, 2.24) is 0 Å². The summed E-state index contributed by atoms with van der Waals surface area (Å²) in [4.78, 5) is 13.0. The number of aromatic carboxylic acids is 1. The van der Waals surface area contributed by atoms with Gasteiger partial charge in [0.15, 0.2) is 0 Å². The van der Waals surface area contributed by atoms with Crippen molar-refractivity contribution in [2.24, 2.45) is 0 Å². The van der Waals surface area contributed by atoms with E-state index in [2.05, 4.69) is 20.8 Å². The van der Waals surface area contributed by atoms with Crippen LogP contribution < -0.4 is 4.90 Å². The Morgan fingerprint density at radius 3 is 2.67 bits per heavy atom. The van der Waals surface area contributed by atoms with Gasteiger partial charge in [-0.2, -0.15) is 0 Å². The maximum Gasteiger partial charge on any atom is 0.336 e. The largest absolute Gasteiger partial charge is 0.478 e. The van der Waals surface area contributed by atoms with Crippen molar-refractivity contribution in [2.45, 2.75) is 18.9 Å². The standard InChI is InChI=1S/C11H12BrNO2/c1-13(7-2-3-7)8-4-5-9(11(14)15)10(12)6-8/h4-7H,2-3H2,1H3,(H,14,15). The smallest absolute Gasteiger partial charge is 0.336 e. The van der Waals surface area contributed by atoms with Crippen LogP contribution in [-0.4, -0.2) is 24.2 Å². The quantitative estimate of drug-likeness (QED) is 0.918. The highest BCUT2D eigenvalue weighted by Crippen LogP contribution is 2.32. The van der Waals surface area contributed by atoms with E-state index in [1.165, 1.54) is 12.8 Å². The number of carbonyl (C=O) groups is 1. The van der Waals surface area contributed by atoms with E-state index in [-0.39, 0.29) is 0 Å². The minimum absolute atomic E-state index is 0.308. The predicted molar refractivity (Wildman–Crippen MR) is 62.5 cm³/mol. The fourth-order valence-electron chi connectivity index (χ4n) is 1.57. The molecule has 15 heavy (non-hydrogen) atoms. The molecule has 1 aliphatic rings. The summed E-state index contributed by atoms with van der Waals surface area (Å²) in [5, 5.41) is 8.87. The van der Waals surface area contributed by atoms with Gasteiger partial charge in [0, 0.05) is 23.2 Å². The molecule has 4 heteroatoms. The number of rotatable bonds is 3. The van der Waals surface area contributed by atoms with Gasteiger partial charge in [0.2, 0.25) is 0 Å². The molecule has 0 spiro atoms. The molecule has 1 fully saturated rings. The van der Waals surface area contributed by atoms with E-state index in [9.17, 15) is 4.79 Å². The first-order chi connectivity index (χ1) is 7.09. The molecule has 80 valence electrons. The number of nitrogens with zero attached hydrogens (tertiary/aromatic N) is 1. The highest BCUT2D eigenvalue weighted by molar-refractivity contribution is 9.10. The molecule has 0 amide bonds. The molecule has 0 aliphatic heterocycles. The second kappa shape index (κ2) is 3.85. The summed E-state index contributed by atoms with van der Waals surface area (Å²) in [5.41, 5.74) is 1.37. The number of carboxylic acid groups (broad SMARTS) is 1. The van der Waals surface area contributed by atoms with E-state index >= 15 is 0 Å². The molecule has 2 rings (SSSR count). The van der Waals surface area contributed by atoms with Crippen LogP contribution in [0.2, 0.25) is 0 Å². The normalized spacial score (nSPS) is 15.1. The Morgan fingerprint density at radius 2 is 2.20 bits per heavy atom. The number of anilines is 1. The van der Waals surface area contributed by atoms with Gasteiger partial charge in [-0.15, -0.1) is 0 Å². The van der Waals surface area contributed by atoms with Crippen LogP contribution in [0, 0.1) is 0 Å². The lowest BCUT2D eigenvalue weighted by molar-refractivity contribution is 0.0696. The molecule has 1 aliphatic carbocycles. The number of carboxylic acids is 1. The Balaban J connectivity index is 2.28. The van der Waals surface area contributed by atoms with Crippen LogP contribution in [0.3, 0.4) is 0 Å². The zero-order valence-electron chi connectivity index (χ0n) is 8.40. The van der Waals surface area contributed by atoms with Gasteiger partial charge in [0.1, 0.15) is 0 Å². The lowest BCUT2D eigenvalue weighted by Crippen LogP contribution is -2.19. The van der Waals surface area contributed by atoms with Crippen LogP contribution >= 0.6 is 15.9 Å². The van der Waals surface area contributed by atoms with Gasteiger partial charge < -0.3 is 10.0 Å². The summed E-state index contributed by atoms with van der Waals surface area (Å²) >= 11 is 3.28. The Kier molecular flexibility index (Phi) is 2.69. The summed E-state index contributed by atoms with van der Waals surface area (Å²) < 4.78 is 0.639. The molecule has 0 atom stereocenters. The maximum absolute atomic E-state index is 10.8. The first kappa shape index (κ1) is 10.5. The summed E-state index contributed by atoms with van der Waals surface area (Å²) in [5.74, 6) is -0.900. The zero-order valence-corrected chi connectivity index (χ0v) is 9.99. The van der Waals surface area contributed by atoms with Gasteiger partial charge in [-0.1, -0.05) is 0 Å². The van der Waals surface area contributed by atoms with Gasteiger partial charge >= 0.3 is 5.97 Å². The van der Waals surface area contributed by atoms with E-state index in [1.54, 1.807) is 6.07 Å². The highest BCUT2D eigenvalue weighted by Gasteiger charge is 2.26. The van der Waals surface area contributed by atoms with E-state index in [0.717, 1.165) is 5.69 Å². The number of hydrogen-bond donors (Lipinski definition) is 1. The Hall–Kier alpha value is -1.03. The van der Waals surface area contributed by atoms with Crippen molar-refractivity contribution in [3.05, 3.63) is 28.2 Å². The lowest BCUT2D eigenvalue weighted by atomic mass is 10.2. The van der Waals surface area contributed by atoms with Crippen LogP contribution in [0.25, 0.3) is 0 Å². The van der Waals surface area contributed by atoms with Crippen molar-refractivity contribution in [3.8, 4) is 0 Å². The van der Waals surface area contributed by atoms with Crippen LogP contribution in [0.5, 0.6) is 0 Å². The minimum atomic E-state index is -0.900. The molecule has 0 radical (unpaired) electrons. The fraction of sp³-hybridized carbons (Fsp3) is 0.364. The van der Waals surface area contributed by atoms with Crippen LogP contribution in [0.1, 0.15) is 23.2 Å². The molecule has 0 aromatic heterocycles. The predicted octanol–water partition coefficient (Wildman–Crippen LogP) is 2.75. The average molecular weight is 270 g/mol. The van der Waals surface area contributed by atoms with Crippen molar-refractivity contribution >= 4 is 27.6 Å². The Morgan fingerprint density at radius 1 is 1.53 bits per heavy atom. The van der Waals surface area contributed by atoms with Gasteiger partial charge in [0.25, 0.3) is 0 Å². The van der Waals surface area contributed by atoms with Gasteiger partial charge in [-0.25, -0.2) is 4.79 Å². The molecule has 0 heterocycles. The molecule has 3 nitrogen and oxygen atoms in total. The number of hydrogen-bond acceptors (Lipinski definition) is 2. The van der Waals surface area contributed by atoms with Crippen LogP contribution in [-0.2, 0) is 0 Å². The topological polar surface area (TPSA) is 40.5 Å². The van der Waals surface area contributed by atoms with Crippen LogP contribution in [0.4, 0.5) is 5.69 Å². The first-order valence-corrected chi connectivity index (χ1v) is 5.64. The molecule has 0 saturated heterocycles. The van der Waals surface area contributed by atoms with Crippen molar-refractivity contribution in [1.29, 1.82) is 0 Å². The average Bonchev–Trinajstić information content (AvgIpc) is 2.99. The van der Waals surface area contributed by atoms with Gasteiger partial charge in [-0.3, -0.25) is 0 Å². The summed E-state index contributed by atoms with van der Waals surface area (Å²) in [6.45, 7) is 0. The van der Waals surface area contributed by atoms with Crippen molar-refractivity contribution < 1.29 is 9.90 Å². The molecule has 1 aromatic carbocycles. The Bertz CT molecular complexity index is 402. The maximum atomic E-state index is 10.8. The zero-order chi connectivity index (χ0) is 11.0. The highest BCUT2D eigenvalue weighted by atomic mass is 79.9. The van der Waals surface area contributed by atoms with E-state index < -0.39 is 5.97 Å². The minimum Gasteiger partial charge on any atom is -0.478 e.